The molecule has 0 unspecified atom stereocenters. The van der Waals surface area contributed by atoms with Gasteiger partial charge in [0.25, 0.3) is 0 Å². The topological polar surface area (TPSA) is 50.7 Å². The Kier molecular flexibility index (Phi) is 3.02. The van der Waals surface area contributed by atoms with Crippen LogP contribution in [0.1, 0.15) is 5.56 Å². The predicted octanol–water partition coefficient (Wildman–Crippen LogP) is 1.05. The van der Waals surface area contributed by atoms with Crippen LogP contribution in [0.2, 0.25) is 0 Å². The average molecular weight is 161 g/mol. The van der Waals surface area contributed by atoms with E-state index < -0.39 is 0 Å². The van der Waals surface area contributed by atoms with Crippen molar-refractivity contribution in [3.8, 4) is 0 Å². The van der Waals surface area contributed by atoms with Gasteiger partial charge in [-0.05, 0) is 0 Å². The second-order valence-corrected chi connectivity index (χ2v) is 2.19. The molecular formula is C9H11N3. The molecule has 0 bridgehead atoms. The molecule has 0 fully saturated rings. The van der Waals surface area contributed by atoms with E-state index in [-0.39, 0.29) is 0 Å². The van der Waals surface area contributed by atoms with Gasteiger partial charge in [-0.3, -0.25) is 4.99 Å². The second-order valence-electron chi connectivity index (χ2n) is 2.19. The highest BCUT2D eigenvalue weighted by molar-refractivity contribution is 6.02. The van der Waals surface area contributed by atoms with Gasteiger partial charge < -0.3 is 5.73 Å². The van der Waals surface area contributed by atoms with Crippen LogP contribution < -0.4 is 5.73 Å². The molecule has 0 saturated heterocycles. The average Bonchev–Trinajstić information content (AvgIpc) is 2.15. The maximum atomic E-state index is 5.17. The Labute approximate surface area is 71.7 Å². The van der Waals surface area contributed by atoms with Crippen LogP contribution in [0.5, 0.6) is 0 Å². The van der Waals surface area contributed by atoms with Gasteiger partial charge in [-0.1, -0.05) is 30.3 Å². The van der Waals surface area contributed by atoms with Gasteiger partial charge in [0.1, 0.15) is 0 Å². The minimum atomic E-state index is 0.651. The van der Waals surface area contributed by atoms with Gasteiger partial charge in [0.05, 0.1) is 6.34 Å². The number of hydrogen-bond donors (Lipinski definition) is 1. The molecule has 0 aromatic heterocycles. The Morgan fingerprint density at radius 1 is 1.33 bits per heavy atom. The third-order valence-corrected chi connectivity index (χ3v) is 1.44. The molecule has 0 aliphatic carbocycles. The molecule has 1 rings (SSSR count). The van der Waals surface area contributed by atoms with E-state index in [1.54, 1.807) is 7.05 Å². The fourth-order valence-electron chi connectivity index (χ4n) is 0.919. The van der Waals surface area contributed by atoms with Crippen LogP contribution in [0.4, 0.5) is 0 Å². The van der Waals surface area contributed by atoms with Crippen molar-refractivity contribution in [3.63, 3.8) is 0 Å². The molecular weight excluding hydrogens is 150 g/mol. The summed E-state index contributed by atoms with van der Waals surface area (Å²) in [5, 5.41) is 0. The first-order valence-corrected chi connectivity index (χ1v) is 3.65. The molecule has 2 N–H and O–H groups in total. The summed E-state index contributed by atoms with van der Waals surface area (Å²) in [5.74, 6) is 0.651. The summed E-state index contributed by atoms with van der Waals surface area (Å²) >= 11 is 0. The maximum absolute atomic E-state index is 5.17. The van der Waals surface area contributed by atoms with Crippen molar-refractivity contribution in [2.24, 2.45) is 15.7 Å². The zero-order valence-electron chi connectivity index (χ0n) is 6.94. The molecule has 3 heteroatoms. The Morgan fingerprint density at radius 2 is 2.00 bits per heavy atom. The summed E-state index contributed by atoms with van der Waals surface area (Å²) < 4.78 is 0. The summed E-state index contributed by atoms with van der Waals surface area (Å²) in [4.78, 5) is 7.90. The smallest absolute Gasteiger partial charge is 0.155 e. The minimum absolute atomic E-state index is 0.651. The zero-order valence-corrected chi connectivity index (χ0v) is 6.94. The molecule has 0 amide bonds. The molecule has 1 aromatic rings. The third-order valence-electron chi connectivity index (χ3n) is 1.44. The fourth-order valence-corrected chi connectivity index (χ4v) is 0.919. The number of rotatable bonds is 1. The van der Waals surface area contributed by atoms with Gasteiger partial charge in [-0.15, -0.1) is 0 Å². The molecule has 0 heterocycles. The molecule has 0 aliphatic rings. The normalized spacial score (nSPS) is 12.2. The Hall–Kier alpha value is -1.64. The largest absolute Gasteiger partial charge is 0.390 e. The van der Waals surface area contributed by atoms with Crippen LogP contribution in [-0.4, -0.2) is 19.2 Å². The van der Waals surface area contributed by atoms with E-state index in [9.17, 15) is 0 Å². The quantitative estimate of drug-likeness (QED) is 0.485. The van der Waals surface area contributed by atoms with Crippen molar-refractivity contribution in [2.75, 3.05) is 7.05 Å². The van der Waals surface area contributed by atoms with Gasteiger partial charge in [0.2, 0.25) is 0 Å². The highest BCUT2D eigenvalue weighted by Gasteiger charge is 1.96. The minimum Gasteiger partial charge on any atom is -0.390 e. The van der Waals surface area contributed by atoms with Crippen molar-refractivity contribution in [3.05, 3.63) is 35.9 Å². The molecule has 0 saturated carbocycles. The summed E-state index contributed by atoms with van der Waals surface area (Å²) in [6.07, 6.45) is 1.25. The van der Waals surface area contributed by atoms with E-state index in [0.29, 0.717) is 5.84 Å². The van der Waals surface area contributed by atoms with Crippen molar-refractivity contribution in [2.45, 2.75) is 0 Å². The summed E-state index contributed by atoms with van der Waals surface area (Å²) in [7, 11) is 1.69. The van der Waals surface area contributed by atoms with Crippen molar-refractivity contribution in [1.29, 1.82) is 0 Å². The Balaban J connectivity index is 2.97. The van der Waals surface area contributed by atoms with Crippen LogP contribution in [0.3, 0.4) is 0 Å². The van der Waals surface area contributed by atoms with Crippen LogP contribution in [0.15, 0.2) is 40.3 Å². The first-order chi connectivity index (χ1) is 5.88. The van der Waals surface area contributed by atoms with E-state index in [4.69, 9.17) is 5.73 Å². The molecule has 0 radical (unpaired) electrons. The highest BCUT2D eigenvalue weighted by Crippen LogP contribution is 2.00. The highest BCUT2D eigenvalue weighted by atomic mass is 14.9. The number of amidine groups is 1. The number of benzene rings is 1. The molecule has 0 aliphatic heterocycles. The van der Waals surface area contributed by atoms with Gasteiger partial charge in [0, 0.05) is 12.6 Å². The van der Waals surface area contributed by atoms with Crippen molar-refractivity contribution >= 4 is 12.2 Å². The van der Waals surface area contributed by atoms with E-state index in [2.05, 4.69) is 9.98 Å². The molecule has 0 atom stereocenters. The molecule has 62 valence electrons. The zero-order chi connectivity index (χ0) is 8.81. The Morgan fingerprint density at radius 3 is 2.50 bits per heavy atom. The lowest BCUT2D eigenvalue weighted by molar-refractivity contribution is 1.39. The maximum Gasteiger partial charge on any atom is 0.155 e. The van der Waals surface area contributed by atoms with Gasteiger partial charge in [-0.25, -0.2) is 4.99 Å². The van der Waals surface area contributed by atoms with Gasteiger partial charge in [0.15, 0.2) is 5.84 Å². The fraction of sp³-hybridized carbons (Fsp3) is 0.111. The predicted molar refractivity (Wildman–Crippen MR) is 51.6 cm³/mol. The van der Waals surface area contributed by atoms with E-state index in [1.165, 1.54) is 6.34 Å². The second kappa shape index (κ2) is 4.28. The lowest BCUT2D eigenvalue weighted by Gasteiger charge is -1.97. The number of aliphatic imine (C=N–C) groups is 2. The molecule has 12 heavy (non-hydrogen) atoms. The van der Waals surface area contributed by atoms with Crippen LogP contribution >= 0.6 is 0 Å². The van der Waals surface area contributed by atoms with Gasteiger partial charge in [-0.2, -0.15) is 0 Å². The van der Waals surface area contributed by atoms with E-state index >= 15 is 0 Å². The summed E-state index contributed by atoms with van der Waals surface area (Å²) in [6.45, 7) is 0. The van der Waals surface area contributed by atoms with E-state index in [1.807, 2.05) is 30.3 Å². The van der Waals surface area contributed by atoms with Crippen LogP contribution in [-0.2, 0) is 0 Å². The van der Waals surface area contributed by atoms with Gasteiger partial charge >= 0.3 is 0 Å². The third kappa shape index (κ3) is 1.92. The Bertz CT molecular complexity index is 288. The van der Waals surface area contributed by atoms with Crippen LogP contribution in [0.25, 0.3) is 0 Å². The van der Waals surface area contributed by atoms with E-state index in [0.717, 1.165) is 5.56 Å². The first kappa shape index (κ1) is 8.46. The first-order valence-electron chi connectivity index (χ1n) is 3.65. The molecule has 3 nitrogen and oxygen atoms in total. The summed E-state index contributed by atoms with van der Waals surface area (Å²) in [6, 6.07) is 9.70. The molecule has 1 aromatic carbocycles. The standard InChI is InChI=1S/C9H11N3/c1-11-9(12-7-10)8-5-3-2-4-6-8/h2-7H,1H3,(H2,10,11,12). The van der Waals surface area contributed by atoms with Crippen molar-refractivity contribution < 1.29 is 0 Å². The number of hydrogen-bond acceptors (Lipinski definition) is 1. The van der Waals surface area contributed by atoms with Crippen LogP contribution in [0, 0.1) is 0 Å². The number of nitrogens with two attached hydrogens (primary N) is 1. The summed E-state index contributed by atoms with van der Waals surface area (Å²) in [5.41, 5.74) is 6.14. The van der Waals surface area contributed by atoms with Crippen molar-refractivity contribution in [1.82, 2.24) is 0 Å². The lowest BCUT2D eigenvalue weighted by Crippen LogP contribution is -2.00. The lowest BCUT2D eigenvalue weighted by atomic mass is 10.2. The monoisotopic (exact) mass is 161 g/mol. The molecule has 0 spiro atoms. The number of nitrogens with zero attached hydrogens (tertiary/aromatic N) is 2. The SMILES string of the molecule is CN=C(N=CN)c1ccccc1.